The van der Waals surface area contributed by atoms with Gasteiger partial charge in [0.1, 0.15) is 0 Å². The average Bonchev–Trinajstić information content (AvgIpc) is 2.21. The number of nitrogens with one attached hydrogen (secondary N) is 1. The summed E-state index contributed by atoms with van der Waals surface area (Å²) < 4.78 is 5.65. The first-order chi connectivity index (χ1) is 8.26. The largest absolute Gasteiger partial charge is 0.380 e. The van der Waals surface area contributed by atoms with Gasteiger partial charge in [-0.2, -0.15) is 0 Å². The van der Waals surface area contributed by atoms with Gasteiger partial charge in [-0.15, -0.1) is 0 Å². The van der Waals surface area contributed by atoms with Gasteiger partial charge in [-0.05, 0) is 25.7 Å². The third-order valence-corrected chi connectivity index (χ3v) is 3.68. The van der Waals surface area contributed by atoms with Crippen LogP contribution in [0, 0.1) is 5.41 Å². The average molecular weight is 256 g/mol. The molecule has 1 atom stereocenters. The van der Waals surface area contributed by atoms with E-state index in [9.17, 15) is 0 Å². The summed E-state index contributed by atoms with van der Waals surface area (Å²) in [5, 5.41) is 3.66. The predicted molar refractivity (Wildman–Crippen MR) is 78.0 cm³/mol. The number of ether oxygens (including phenoxy) is 1. The van der Waals surface area contributed by atoms with Crippen molar-refractivity contribution in [3.8, 4) is 0 Å². The summed E-state index contributed by atoms with van der Waals surface area (Å²) in [7, 11) is 0. The van der Waals surface area contributed by atoms with Crippen molar-refractivity contribution in [1.82, 2.24) is 10.2 Å². The lowest BCUT2D eigenvalue weighted by Crippen LogP contribution is -2.65. The molecule has 1 aliphatic heterocycles. The maximum absolute atomic E-state index is 5.65. The topological polar surface area (TPSA) is 24.5 Å². The number of nitrogens with zero attached hydrogens (tertiary/aromatic N) is 1. The standard InChI is InChI=1S/C15H32N2O/c1-7-9-18-10-8-17-12-15(5,6)16-11-13(17)14(2,3)4/h13,16H,7-12H2,1-6H3. The second-order valence-corrected chi connectivity index (χ2v) is 7.23. The minimum absolute atomic E-state index is 0.215. The van der Waals surface area contributed by atoms with Crippen LogP contribution in [-0.4, -0.2) is 49.3 Å². The second kappa shape index (κ2) is 6.36. The Morgan fingerprint density at radius 3 is 2.50 bits per heavy atom. The summed E-state index contributed by atoms with van der Waals surface area (Å²) in [6.45, 7) is 18.7. The Balaban J connectivity index is 2.55. The first-order valence-corrected chi connectivity index (χ1v) is 7.33. The molecule has 108 valence electrons. The Morgan fingerprint density at radius 1 is 1.28 bits per heavy atom. The minimum Gasteiger partial charge on any atom is -0.380 e. The van der Waals surface area contributed by atoms with Gasteiger partial charge in [-0.3, -0.25) is 4.90 Å². The summed E-state index contributed by atoms with van der Waals surface area (Å²) in [6, 6.07) is 0.593. The third kappa shape index (κ3) is 4.87. The highest BCUT2D eigenvalue weighted by Gasteiger charge is 2.37. The highest BCUT2D eigenvalue weighted by atomic mass is 16.5. The van der Waals surface area contributed by atoms with Crippen LogP contribution in [0.2, 0.25) is 0 Å². The van der Waals surface area contributed by atoms with Crippen LogP contribution >= 0.6 is 0 Å². The van der Waals surface area contributed by atoms with Gasteiger partial charge in [0.05, 0.1) is 6.61 Å². The molecule has 0 aromatic carbocycles. The van der Waals surface area contributed by atoms with Crippen LogP contribution in [0.5, 0.6) is 0 Å². The molecule has 0 saturated carbocycles. The maximum Gasteiger partial charge on any atom is 0.0593 e. The summed E-state index contributed by atoms with van der Waals surface area (Å²) in [5.41, 5.74) is 0.529. The van der Waals surface area contributed by atoms with Gasteiger partial charge < -0.3 is 10.1 Å². The van der Waals surface area contributed by atoms with Gasteiger partial charge in [-0.1, -0.05) is 27.7 Å². The Hall–Kier alpha value is -0.120. The Kier molecular flexibility index (Phi) is 5.63. The number of hydrogen-bond donors (Lipinski definition) is 1. The molecule has 1 N–H and O–H groups in total. The van der Waals surface area contributed by atoms with Crippen molar-refractivity contribution in [1.29, 1.82) is 0 Å². The van der Waals surface area contributed by atoms with Crippen molar-refractivity contribution in [3.63, 3.8) is 0 Å². The van der Waals surface area contributed by atoms with Gasteiger partial charge in [0, 0.05) is 37.8 Å². The van der Waals surface area contributed by atoms with Crippen LogP contribution in [0.25, 0.3) is 0 Å². The van der Waals surface area contributed by atoms with E-state index in [1.807, 2.05) is 0 Å². The minimum atomic E-state index is 0.215. The number of rotatable bonds is 5. The van der Waals surface area contributed by atoms with Crippen molar-refractivity contribution in [2.75, 3.05) is 32.8 Å². The molecule has 1 unspecified atom stereocenters. The van der Waals surface area contributed by atoms with Crippen LogP contribution in [0.1, 0.15) is 48.0 Å². The third-order valence-electron chi connectivity index (χ3n) is 3.68. The number of piperazine rings is 1. The number of hydrogen-bond acceptors (Lipinski definition) is 3. The van der Waals surface area contributed by atoms with E-state index in [1.54, 1.807) is 0 Å². The van der Waals surface area contributed by atoms with Gasteiger partial charge in [0.15, 0.2) is 0 Å². The normalized spacial score (nSPS) is 25.3. The fourth-order valence-electron chi connectivity index (χ4n) is 2.69. The smallest absolute Gasteiger partial charge is 0.0593 e. The molecule has 0 bridgehead atoms. The van der Waals surface area contributed by atoms with Crippen LogP contribution in [0.4, 0.5) is 0 Å². The lowest BCUT2D eigenvalue weighted by Gasteiger charge is -2.49. The van der Waals surface area contributed by atoms with E-state index >= 15 is 0 Å². The van der Waals surface area contributed by atoms with E-state index in [2.05, 4.69) is 51.8 Å². The van der Waals surface area contributed by atoms with E-state index in [1.165, 1.54) is 0 Å². The Labute approximate surface area is 113 Å². The second-order valence-electron chi connectivity index (χ2n) is 7.23. The molecule has 0 aliphatic carbocycles. The quantitative estimate of drug-likeness (QED) is 0.765. The molecule has 1 saturated heterocycles. The lowest BCUT2D eigenvalue weighted by atomic mass is 9.82. The highest BCUT2D eigenvalue weighted by molar-refractivity contribution is 4.96. The molecule has 3 nitrogen and oxygen atoms in total. The van der Waals surface area contributed by atoms with Crippen molar-refractivity contribution < 1.29 is 4.74 Å². The molecular formula is C15H32N2O. The fourth-order valence-corrected chi connectivity index (χ4v) is 2.69. The summed E-state index contributed by atoms with van der Waals surface area (Å²) >= 11 is 0. The van der Waals surface area contributed by atoms with E-state index in [4.69, 9.17) is 4.74 Å². The van der Waals surface area contributed by atoms with Crippen LogP contribution < -0.4 is 5.32 Å². The monoisotopic (exact) mass is 256 g/mol. The SMILES string of the molecule is CCCOCCN1CC(C)(C)NCC1C(C)(C)C. The molecule has 0 aromatic heterocycles. The van der Waals surface area contributed by atoms with Crippen molar-refractivity contribution in [3.05, 3.63) is 0 Å². The van der Waals surface area contributed by atoms with Crippen molar-refractivity contribution in [2.24, 2.45) is 5.41 Å². The van der Waals surface area contributed by atoms with Crippen LogP contribution in [-0.2, 0) is 4.74 Å². The van der Waals surface area contributed by atoms with E-state index < -0.39 is 0 Å². The van der Waals surface area contributed by atoms with Gasteiger partial charge in [0.25, 0.3) is 0 Å². The molecule has 0 aromatic rings. The van der Waals surface area contributed by atoms with E-state index in [0.717, 1.165) is 39.3 Å². The summed E-state index contributed by atoms with van der Waals surface area (Å²) in [6.07, 6.45) is 1.11. The first kappa shape index (κ1) is 15.9. The lowest BCUT2D eigenvalue weighted by molar-refractivity contribution is 0.00889. The molecule has 1 fully saturated rings. The zero-order valence-corrected chi connectivity index (χ0v) is 13.2. The predicted octanol–water partition coefficient (Wildman–Crippen LogP) is 2.51. The zero-order chi connectivity index (χ0) is 13.8. The summed E-state index contributed by atoms with van der Waals surface area (Å²) in [5.74, 6) is 0. The zero-order valence-electron chi connectivity index (χ0n) is 13.2. The first-order valence-electron chi connectivity index (χ1n) is 7.33. The molecule has 1 aliphatic rings. The highest BCUT2D eigenvalue weighted by Crippen LogP contribution is 2.28. The molecule has 3 heteroatoms. The maximum atomic E-state index is 5.65. The molecule has 0 spiro atoms. The Bertz CT molecular complexity index is 245. The van der Waals surface area contributed by atoms with Crippen LogP contribution in [0.3, 0.4) is 0 Å². The fraction of sp³-hybridized carbons (Fsp3) is 1.00. The van der Waals surface area contributed by atoms with E-state index in [-0.39, 0.29) is 5.54 Å². The molecule has 0 amide bonds. The van der Waals surface area contributed by atoms with E-state index in [0.29, 0.717) is 11.5 Å². The molecule has 1 heterocycles. The van der Waals surface area contributed by atoms with Gasteiger partial charge in [0.2, 0.25) is 0 Å². The van der Waals surface area contributed by atoms with Crippen molar-refractivity contribution >= 4 is 0 Å². The van der Waals surface area contributed by atoms with Gasteiger partial charge >= 0.3 is 0 Å². The van der Waals surface area contributed by atoms with Gasteiger partial charge in [-0.25, -0.2) is 0 Å². The summed E-state index contributed by atoms with van der Waals surface area (Å²) in [4.78, 5) is 2.60. The Morgan fingerprint density at radius 2 is 1.94 bits per heavy atom. The molecule has 0 radical (unpaired) electrons. The molecule has 1 rings (SSSR count). The molecular weight excluding hydrogens is 224 g/mol. The van der Waals surface area contributed by atoms with Crippen molar-refractivity contribution in [2.45, 2.75) is 59.5 Å². The molecule has 18 heavy (non-hydrogen) atoms. The van der Waals surface area contributed by atoms with Crippen LogP contribution in [0.15, 0.2) is 0 Å².